The molecule has 0 aromatic heterocycles. The molecule has 22 heavy (non-hydrogen) atoms. The summed E-state index contributed by atoms with van der Waals surface area (Å²) in [5.41, 5.74) is 0.569. The van der Waals surface area contributed by atoms with Gasteiger partial charge in [0.15, 0.2) is 0 Å². The Bertz CT molecular complexity index is 581. The summed E-state index contributed by atoms with van der Waals surface area (Å²) in [7, 11) is 0. The van der Waals surface area contributed by atoms with Gasteiger partial charge in [-0.25, -0.2) is 0 Å². The molecule has 3 aliphatic rings. The topological polar surface area (TPSA) is 49.8 Å². The van der Waals surface area contributed by atoms with Gasteiger partial charge in [-0.1, -0.05) is 6.07 Å². The van der Waals surface area contributed by atoms with E-state index in [-0.39, 0.29) is 16.4 Å². The van der Waals surface area contributed by atoms with Gasteiger partial charge in [-0.2, -0.15) is 0 Å². The van der Waals surface area contributed by atoms with E-state index in [9.17, 15) is 9.90 Å². The molecule has 4 nitrogen and oxygen atoms in total. The molecule has 1 spiro atoms. The Morgan fingerprint density at radius 1 is 1.41 bits per heavy atom. The molecule has 1 aliphatic carbocycles. The molecule has 3 fully saturated rings. The summed E-state index contributed by atoms with van der Waals surface area (Å²) in [5, 5.41) is 9.49. The van der Waals surface area contributed by atoms with E-state index in [1.54, 1.807) is 18.2 Å². The number of phenolic OH excluding ortho intramolecular Hbond substituents is 1. The van der Waals surface area contributed by atoms with Crippen molar-refractivity contribution in [3.8, 4) is 5.75 Å². The number of rotatable bonds is 4. The fourth-order valence-electron chi connectivity index (χ4n) is 3.30. The molecule has 1 aromatic rings. The highest BCUT2D eigenvalue weighted by Gasteiger charge is 2.51. The molecule has 2 aliphatic heterocycles. The first-order valence-corrected chi connectivity index (χ1v) is 8.96. The molecule has 0 bridgehead atoms. The normalized spacial score (nSPS) is 26.2. The van der Waals surface area contributed by atoms with Crippen LogP contribution in [0.25, 0.3) is 0 Å². The van der Waals surface area contributed by atoms with Crippen LogP contribution >= 0.6 is 11.8 Å². The molecule has 0 unspecified atom stereocenters. The summed E-state index contributed by atoms with van der Waals surface area (Å²) in [6, 6.07) is 6.60. The third kappa shape index (κ3) is 2.84. The van der Waals surface area contributed by atoms with Crippen molar-refractivity contribution in [3.05, 3.63) is 29.8 Å². The van der Waals surface area contributed by atoms with Gasteiger partial charge in [0.2, 0.25) is 0 Å². The number of aromatic hydroxyl groups is 1. The first-order valence-electron chi connectivity index (χ1n) is 7.97. The molecule has 1 atom stereocenters. The fourth-order valence-corrected chi connectivity index (χ4v) is 4.85. The zero-order valence-electron chi connectivity index (χ0n) is 12.5. The fraction of sp³-hybridized carbons (Fsp3) is 0.588. The minimum Gasteiger partial charge on any atom is -0.508 e. The average Bonchev–Trinajstić information content (AvgIpc) is 3.21. The van der Waals surface area contributed by atoms with Crippen LogP contribution in [0.1, 0.15) is 29.6 Å². The van der Waals surface area contributed by atoms with Gasteiger partial charge in [0.1, 0.15) is 5.75 Å². The van der Waals surface area contributed by atoms with Gasteiger partial charge >= 0.3 is 0 Å². The number of hydrogen-bond acceptors (Lipinski definition) is 4. The van der Waals surface area contributed by atoms with Crippen molar-refractivity contribution >= 4 is 17.7 Å². The van der Waals surface area contributed by atoms with Crippen molar-refractivity contribution in [2.45, 2.75) is 30.1 Å². The van der Waals surface area contributed by atoms with E-state index in [1.165, 1.54) is 18.9 Å². The van der Waals surface area contributed by atoms with Gasteiger partial charge in [-0.05, 0) is 43.4 Å². The predicted molar refractivity (Wildman–Crippen MR) is 86.3 cm³/mol. The molecule has 1 saturated carbocycles. The number of amides is 1. The second-order valence-corrected chi connectivity index (χ2v) is 8.30. The molecule has 2 saturated heterocycles. The van der Waals surface area contributed by atoms with E-state index in [4.69, 9.17) is 4.74 Å². The molecular formula is C17H21NO3S. The summed E-state index contributed by atoms with van der Waals surface area (Å²) in [6.07, 6.45) is 4.09. The minimum absolute atomic E-state index is 0.0180. The van der Waals surface area contributed by atoms with E-state index < -0.39 is 0 Å². The smallest absolute Gasteiger partial charge is 0.254 e. The van der Waals surface area contributed by atoms with Gasteiger partial charge in [-0.15, -0.1) is 11.8 Å². The summed E-state index contributed by atoms with van der Waals surface area (Å²) >= 11 is 1.96. The van der Waals surface area contributed by atoms with Crippen molar-refractivity contribution < 1.29 is 14.6 Å². The number of carbonyl (C=O) groups excluding carboxylic acids is 1. The van der Waals surface area contributed by atoms with Crippen molar-refractivity contribution in [1.29, 1.82) is 0 Å². The number of likely N-dealkylation sites (tertiary alicyclic amines) is 1. The molecule has 1 aromatic carbocycles. The molecule has 1 N–H and O–H groups in total. The third-order valence-electron chi connectivity index (χ3n) is 4.78. The number of nitrogens with zero attached hydrogens (tertiary/aromatic N) is 1. The van der Waals surface area contributed by atoms with Crippen LogP contribution in [-0.4, -0.2) is 52.2 Å². The first-order chi connectivity index (χ1) is 10.6. The Morgan fingerprint density at radius 3 is 2.95 bits per heavy atom. The van der Waals surface area contributed by atoms with Crippen molar-refractivity contribution in [1.82, 2.24) is 4.90 Å². The molecule has 118 valence electrons. The number of hydrogen-bond donors (Lipinski definition) is 1. The lowest BCUT2D eigenvalue weighted by Gasteiger charge is -2.47. The second-order valence-electron chi connectivity index (χ2n) is 6.81. The SMILES string of the molecule is O=C(c1cccc(O)c1)N1CC2(C[C@H](OCC3CC3)CS2)C1. The van der Waals surface area contributed by atoms with Gasteiger partial charge < -0.3 is 14.7 Å². The predicted octanol–water partition coefficient (Wildman–Crippen LogP) is 2.52. The van der Waals surface area contributed by atoms with E-state index in [1.807, 2.05) is 16.7 Å². The quantitative estimate of drug-likeness (QED) is 0.926. The molecule has 5 heteroatoms. The van der Waals surface area contributed by atoms with Crippen molar-refractivity contribution in [3.63, 3.8) is 0 Å². The number of carbonyl (C=O) groups is 1. The molecular weight excluding hydrogens is 298 g/mol. The summed E-state index contributed by atoms with van der Waals surface area (Å²) in [4.78, 5) is 14.3. The number of phenols is 1. The summed E-state index contributed by atoms with van der Waals surface area (Å²) < 4.78 is 6.21. The van der Waals surface area contributed by atoms with E-state index in [0.717, 1.165) is 37.8 Å². The Hall–Kier alpha value is -1.20. The number of thioether (sulfide) groups is 1. The monoisotopic (exact) mass is 319 g/mol. The van der Waals surface area contributed by atoms with E-state index >= 15 is 0 Å². The molecule has 1 amide bonds. The zero-order valence-corrected chi connectivity index (χ0v) is 13.3. The maximum absolute atomic E-state index is 12.4. The van der Waals surface area contributed by atoms with Crippen LogP contribution in [-0.2, 0) is 4.74 Å². The molecule has 0 radical (unpaired) electrons. The maximum Gasteiger partial charge on any atom is 0.254 e. The largest absolute Gasteiger partial charge is 0.508 e. The Kier molecular flexibility index (Phi) is 3.57. The summed E-state index contributed by atoms with van der Waals surface area (Å²) in [5.74, 6) is 2.03. The van der Waals surface area contributed by atoms with Crippen LogP contribution in [0.2, 0.25) is 0 Å². The molecule has 4 rings (SSSR count). The van der Waals surface area contributed by atoms with Gasteiger partial charge in [0.25, 0.3) is 5.91 Å². The number of ether oxygens (including phenoxy) is 1. The van der Waals surface area contributed by atoms with Crippen molar-refractivity contribution in [2.24, 2.45) is 5.92 Å². The van der Waals surface area contributed by atoms with E-state index in [0.29, 0.717) is 11.7 Å². The Balaban J connectivity index is 1.30. The zero-order chi connectivity index (χ0) is 15.2. The standard InChI is InChI=1S/C17H21NO3S/c19-14-3-1-2-13(6-14)16(20)18-10-17(11-18)7-15(9-22-17)21-8-12-4-5-12/h1-3,6,12,15,19H,4-5,7-11H2/t15-/m0/s1. The first kappa shape index (κ1) is 14.4. The van der Waals surface area contributed by atoms with Crippen LogP contribution in [0.3, 0.4) is 0 Å². The minimum atomic E-state index is 0.0180. The average molecular weight is 319 g/mol. The highest BCUT2D eigenvalue weighted by atomic mass is 32.2. The molecule has 2 heterocycles. The van der Waals surface area contributed by atoms with Crippen LogP contribution in [0, 0.1) is 5.92 Å². The Labute approximate surface area is 134 Å². The van der Waals surface area contributed by atoms with Gasteiger partial charge in [0.05, 0.1) is 10.9 Å². The van der Waals surface area contributed by atoms with Crippen LogP contribution in [0.4, 0.5) is 0 Å². The lowest BCUT2D eigenvalue weighted by atomic mass is 9.92. The third-order valence-corrected chi connectivity index (χ3v) is 6.35. The summed E-state index contributed by atoms with van der Waals surface area (Å²) in [6.45, 7) is 2.53. The van der Waals surface area contributed by atoms with Crippen molar-refractivity contribution in [2.75, 3.05) is 25.4 Å². The lowest BCUT2D eigenvalue weighted by Crippen LogP contribution is -2.60. The van der Waals surface area contributed by atoms with Crippen LogP contribution in [0.5, 0.6) is 5.75 Å². The highest BCUT2D eigenvalue weighted by molar-refractivity contribution is 8.01. The Morgan fingerprint density at radius 2 is 2.23 bits per heavy atom. The van der Waals surface area contributed by atoms with Crippen LogP contribution < -0.4 is 0 Å². The van der Waals surface area contributed by atoms with Crippen LogP contribution in [0.15, 0.2) is 24.3 Å². The van der Waals surface area contributed by atoms with Gasteiger partial charge in [-0.3, -0.25) is 4.79 Å². The second kappa shape index (κ2) is 5.46. The maximum atomic E-state index is 12.4. The highest BCUT2D eigenvalue weighted by Crippen LogP contribution is 2.46. The van der Waals surface area contributed by atoms with E-state index in [2.05, 4.69) is 0 Å². The van der Waals surface area contributed by atoms with Gasteiger partial charge in [0, 0.05) is 31.0 Å². The number of benzene rings is 1. The lowest BCUT2D eigenvalue weighted by molar-refractivity contribution is 0.0287.